The van der Waals surface area contributed by atoms with E-state index in [0.29, 0.717) is 0 Å². The molecule has 4 nitrogen and oxygen atoms in total. The Morgan fingerprint density at radius 2 is 0.917 bits per heavy atom. The molecule has 4 heteroatoms. The molecule has 0 heterocycles. The Hall–Kier alpha value is -1.06. The molecular weight excluding hydrogens is 160 g/mol. The lowest BCUT2D eigenvalue weighted by Crippen LogP contribution is -1.85. The Kier molecular flexibility index (Phi) is 9.06. The van der Waals surface area contributed by atoms with Gasteiger partial charge < -0.3 is 0 Å². The fourth-order valence-corrected chi connectivity index (χ4v) is 1.11. The quantitative estimate of drug-likeness (QED) is 0.282. The molecule has 0 aromatic carbocycles. The number of carbonyl (C=O) groups excluding carboxylic acids is 2. The molecular formula is C8H14O4. The van der Waals surface area contributed by atoms with Crippen LogP contribution in [0.3, 0.4) is 0 Å². The molecule has 70 valence electrons. The highest BCUT2D eigenvalue weighted by Gasteiger charge is 1.95. The summed E-state index contributed by atoms with van der Waals surface area (Å²) in [5, 5.41) is 0. The van der Waals surface area contributed by atoms with Gasteiger partial charge in [0, 0.05) is 0 Å². The van der Waals surface area contributed by atoms with Crippen molar-refractivity contribution in [2.45, 2.75) is 38.5 Å². The molecule has 0 atom stereocenters. The summed E-state index contributed by atoms with van der Waals surface area (Å²) < 4.78 is 0. The Bertz CT molecular complexity index is 90.1. The highest BCUT2D eigenvalue weighted by atomic mass is 17.2. The van der Waals surface area contributed by atoms with Crippen molar-refractivity contribution in [2.24, 2.45) is 0 Å². The van der Waals surface area contributed by atoms with Crippen LogP contribution in [0.1, 0.15) is 38.5 Å². The molecule has 1 aliphatic carbocycles. The van der Waals surface area contributed by atoms with Crippen LogP contribution in [-0.4, -0.2) is 12.9 Å². The highest BCUT2D eigenvalue weighted by Crippen LogP contribution is 2.15. The number of rotatable bonds is 3. The monoisotopic (exact) mass is 174 g/mol. The molecule has 1 fully saturated rings. The summed E-state index contributed by atoms with van der Waals surface area (Å²) >= 11 is 0. The molecule has 0 amide bonds. The summed E-state index contributed by atoms with van der Waals surface area (Å²) in [5.41, 5.74) is 0. The number of carbonyl (C=O) groups is 2. The van der Waals surface area contributed by atoms with Gasteiger partial charge >= 0.3 is 12.9 Å². The van der Waals surface area contributed by atoms with E-state index in [1.165, 1.54) is 38.5 Å². The minimum atomic E-state index is 0.00833. The standard InChI is InChI=1S/C6H12.C2H2O4/c1-2-4-6-5-3-1;3-1-5-6-2-4/h1-6H2;1-2H. The Labute approximate surface area is 71.8 Å². The van der Waals surface area contributed by atoms with Crippen LogP contribution in [-0.2, 0) is 19.4 Å². The second-order valence-corrected chi connectivity index (χ2v) is 2.51. The van der Waals surface area contributed by atoms with Gasteiger partial charge in [0.15, 0.2) is 0 Å². The molecule has 0 aromatic rings. The first-order valence-electron chi connectivity index (χ1n) is 4.11. The number of hydrogen-bond acceptors (Lipinski definition) is 4. The smallest absolute Gasteiger partial charge is 0.251 e. The van der Waals surface area contributed by atoms with E-state index in [9.17, 15) is 0 Å². The average molecular weight is 174 g/mol. The van der Waals surface area contributed by atoms with Gasteiger partial charge in [-0.25, -0.2) is 0 Å². The van der Waals surface area contributed by atoms with Gasteiger partial charge in [-0.3, -0.25) is 19.4 Å². The van der Waals surface area contributed by atoms with E-state index in [1.54, 1.807) is 0 Å². The minimum absolute atomic E-state index is 0.00833. The van der Waals surface area contributed by atoms with Crippen LogP contribution in [0.2, 0.25) is 0 Å². The zero-order valence-corrected chi connectivity index (χ0v) is 7.03. The second-order valence-electron chi connectivity index (χ2n) is 2.51. The maximum atomic E-state index is 9.06. The van der Waals surface area contributed by atoms with Crippen molar-refractivity contribution < 1.29 is 19.4 Å². The first-order valence-corrected chi connectivity index (χ1v) is 4.11. The van der Waals surface area contributed by atoms with Gasteiger partial charge in [0.1, 0.15) is 0 Å². The normalized spacial score (nSPS) is 15.0. The number of hydrogen-bond donors (Lipinski definition) is 0. The van der Waals surface area contributed by atoms with Crippen LogP contribution < -0.4 is 0 Å². The van der Waals surface area contributed by atoms with Crippen molar-refractivity contribution in [3.8, 4) is 0 Å². The predicted octanol–water partition coefficient (Wildman–Crippen LogP) is 1.59. The molecule has 0 saturated heterocycles. The minimum Gasteiger partial charge on any atom is -0.251 e. The van der Waals surface area contributed by atoms with Gasteiger partial charge in [-0.15, -0.1) is 0 Å². The molecule has 0 aliphatic heterocycles. The van der Waals surface area contributed by atoms with Crippen LogP contribution in [0.15, 0.2) is 0 Å². The summed E-state index contributed by atoms with van der Waals surface area (Å²) in [5.74, 6) is 0. The van der Waals surface area contributed by atoms with Crippen molar-refractivity contribution in [3.05, 3.63) is 0 Å². The Morgan fingerprint density at radius 3 is 1.08 bits per heavy atom. The predicted molar refractivity (Wildman–Crippen MR) is 42.0 cm³/mol. The third-order valence-corrected chi connectivity index (χ3v) is 1.63. The van der Waals surface area contributed by atoms with Crippen molar-refractivity contribution in [1.82, 2.24) is 0 Å². The van der Waals surface area contributed by atoms with Crippen LogP contribution in [0.5, 0.6) is 0 Å². The summed E-state index contributed by atoms with van der Waals surface area (Å²) in [4.78, 5) is 25.0. The summed E-state index contributed by atoms with van der Waals surface area (Å²) in [6.45, 7) is 0.0167. The van der Waals surface area contributed by atoms with E-state index < -0.39 is 0 Å². The van der Waals surface area contributed by atoms with Crippen LogP contribution in [0.4, 0.5) is 0 Å². The van der Waals surface area contributed by atoms with Crippen molar-refractivity contribution in [2.75, 3.05) is 0 Å². The molecule has 1 rings (SSSR count). The topological polar surface area (TPSA) is 52.6 Å². The molecule has 0 spiro atoms. The zero-order valence-electron chi connectivity index (χ0n) is 7.03. The molecule has 1 aliphatic rings. The molecule has 0 bridgehead atoms. The zero-order chi connectivity index (χ0) is 9.07. The lowest BCUT2D eigenvalue weighted by Gasteiger charge is -2.05. The van der Waals surface area contributed by atoms with Crippen LogP contribution in [0.25, 0.3) is 0 Å². The molecule has 0 N–H and O–H groups in total. The van der Waals surface area contributed by atoms with Crippen molar-refractivity contribution in [3.63, 3.8) is 0 Å². The molecule has 12 heavy (non-hydrogen) atoms. The van der Waals surface area contributed by atoms with Gasteiger partial charge in [-0.05, 0) is 0 Å². The second kappa shape index (κ2) is 9.94. The van der Waals surface area contributed by atoms with Gasteiger partial charge in [0.05, 0.1) is 0 Å². The van der Waals surface area contributed by atoms with Crippen molar-refractivity contribution in [1.29, 1.82) is 0 Å². The third-order valence-electron chi connectivity index (χ3n) is 1.63. The third kappa shape index (κ3) is 8.94. The SMILES string of the molecule is C1CCCCC1.O=COOC=O. The lowest BCUT2D eigenvalue weighted by atomic mass is 10.0. The van der Waals surface area contributed by atoms with E-state index in [1.807, 2.05) is 0 Å². The van der Waals surface area contributed by atoms with Gasteiger partial charge in [-0.2, -0.15) is 0 Å². The Balaban J connectivity index is 0.000000202. The maximum absolute atomic E-state index is 9.06. The summed E-state index contributed by atoms with van der Waals surface area (Å²) in [6.07, 6.45) is 9.00. The lowest BCUT2D eigenvalue weighted by molar-refractivity contribution is -0.235. The fourth-order valence-electron chi connectivity index (χ4n) is 1.11. The van der Waals surface area contributed by atoms with E-state index in [2.05, 4.69) is 9.78 Å². The van der Waals surface area contributed by atoms with E-state index >= 15 is 0 Å². The molecule has 0 unspecified atom stereocenters. The summed E-state index contributed by atoms with van der Waals surface area (Å²) in [7, 11) is 0. The summed E-state index contributed by atoms with van der Waals surface area (Å²) in [6, 6.07) is 0. The largest absolute Gasteiger partial charge is 0.344 e. The maximum Gasteiger partial charge on any atom is 0.344 e. The first kappa shape index (κ1) is 10.9. The van der Waals surface area contributed by atoms with Gasteiger partial charge in [-0.1, -0.05) is 38.5 Å². The van der Waals surface area contributed by atoms with Crippen molar-refractivity contribution >= 4 is 12.9 Å². The van der Waals surface area contributed by atoms with Crippen LogP contribution in [0, 0.1) is 0 Å². The van der Waals surface area contributed by atoms with E-state index in [0.717, 1.165) is 0 Å². The van der Waals surface area contributed by atoms with E-state index in [4.69, 9.17) is 9.59 Å². The van der Waals surface area contributed by atoms with E-state index in [-0.39, 0.29) is 12.9 Å². The fraction of sp³-hybridized carbons (Fsp3) is 0.750. The van der Waals surface area contributed by atoms with Crippen LogP contribution >= 0.6 is 0 Å². The highest BCUT2D eigenvalue weighted by molar-refractivity contribution is 5.40. The average Bonchev–Trinajstić information content (AvgIpc) is 2.18. The molecule has 0 radical (unpaired) electrons. The Morgan fingerprint density at radius 1 is 0.667 bits per heavy atom. The van der Waals surface area contributed by atoms with Gasteiger partial charge in [0.2, 0.25) is 0 Å². The van der Waals surface area contributed by atoms with Gasteiger partial charge in [0.25, 0.3) is 0 Å². The molecule has 1 saturated carbocycles. The molecule has 0 aromatic heterocycles. The first-order chi connectivity index (χ1) is 5.91.